The Hall–Kier alpha value is -0.860. The predicted octanol–water partition coefficient (Wildman–Crippen LogP) is 2.44. The van der Waals surface area contributed by atoms with E-state index in [2.05, 4.69) is 19.2 Å². The summed E-state index contributed by atoms with van der Waals surface area (Å²) >= 11 is 0. The highest BCUT2D eigenvalue weighted by Crippen LogP contribution is 2.27. The zero-order valence-electron chi connectivity index (χ0n) is 9.74. The summed E-state index contributed by atoms with van der Waals surface area (Å²) < 4.78 is 0. The number of hydrogen-bond acceptors (Lipinski definition) is 2. The van der Waals surface area contributed by atoms with E-state index < -0.39 is 0 Å². The van der Waals surface area contributed by atoms with Crippen LogP contribution in [0.15, 0.2) is 36.5 Å². The summed E-state index contributed by atoms with van der Waals surface area (Å²) in [6.45, 7) is 11.2. The van der Waals surface area contributed by atoms with Crippen molar-refractivity contribution in [1.29, 1.82) is 0 Å². The Labute approximate surface area is 92.6 Å². The van der Waals surface area contributed by atoms with Gasteiger partial charge in [-0.25, -0.2) is 0 Å². The molecule has 2 unspecified atom stereocenters. The molecule has 0 bridgehead atoms. The summed E-state index contributed by atoms with van der Waals surface area (Å²) in [5.74, 6) is 0.494. The van der Waals surface area contributed by atoms with Crippen LogP contribution < -0.4 is 0 Å². The van der Waals surface area contributed by atoms with E-state index in [9.17, 15) is 5.11 Å². The lowest BCUT2D eigenvalue weighted by Gasteiger charge is -2.24. The lowest BCUT2D eigenvalue weighted by Crippen LogP contribution is -2.19. The van der Waals surface area contributed by atoms with E-state index >= 15 is 0 Å². The van der Waals surface area contributed by atoms with Crippen LogP contribution in [0.5, 0.6) is 0 Å². The SMILES string of the molecule is C=C(C)C1CC=C(C)C(O)C1.C=CCO. The number of allylic oxidation sites excluding steroid dienone is 2. The van der Waals surface area contributed by atoms with Gasteiger partial charge in [-0.1, -0.05) is 24.3 Å². The van der Waals surface area contributed by atoms with Crippen molar-refractivity contribution in [2.75, 3.05) is 6.61 Å². The number of aliphatic hydroxyl groups excluding tert-OH is 2. The Morgan fingerprint density at radius 2 is 2.20 bits per heavy atom. The standard InChI is InChI=1S/C10H16O.C3H6O/c1-7(2)9-5-4-8(3)10(11)6-9;1-2-3-4/h4,9-11H,1,5-6H2,2-3H3;2,4H,1,3H2. The van der Waals surface area contributed by atoms with Gasteiger partial charge in [-0.15, -0.1) is 6.58 Å². The van der Waals surface area contributed by atoms with Crippen LogP contribution in [0.1, 0.15) is 26.7 Å². The smallest absolute Gasteiger partial charge is 0.0753 e. The maximum absolute atomic E-state index is 9.49. The third-order valence-corrected chi connectivity index (χ3v) is 2.58. The van der Waals surface area contributed by atoms with Crippen molar-refractivity contribution < 1.29 is 10.2 Å². The fourth-order valence-corrected chi connectivity index (χ4v) is 1.42. The molecule has 1 aliphatic rings. The van der Waals surface area contributed by atoms with Crippen LogP contribution in [-0.2, 0) is 0 Å². The average molecular weight is 210 g/mol. The zero-order chi connectivity index (χ0) is 11.8. The molecule has 2 N–H and O–H groups in total. The van der Waals surface area contributed by atoms with Crippen LogP contribution >= 0.6 is 0 Å². The second kappa shape index (κ2) is 7.43. The van der Waals surface area contributed by atoms with Crippen molar-refractivity contribution in [2.24, 2.45) is 5.92 Å². The number of hydrogen-bond donors (Lipinski definition) is 2. The first-order valence-corrected chi connectivity index (χ1v) is 5.24. The van der Waals surface area contributed by atoms with E-state index in [0.717, 1.165) is 18.4 Å². The van der Waals surface area contributed by atoms with Crippen molar-refractivity contribution in [2.45, 2.75) is 32.8 Å². The van der Waals surface area contributed by atoms with Crippen molar-refractivity contribution in [3.05, 3.63) is 36.5 Å². The topological polar surface area (TPSA) is 40.5 Å². The molecule has 0 saturated carbocycles. The molecule has 2 heteroatoms. The molecule has 0 saturated heterocycles. The third kappa shape index (κ3) is 5.55. The van der Waals surface area contributed by atoms with Gasteiger partial charge in [0.1, 0.15) is 0 Å². The quantitative estimate of drug-likeness (QED) is 0.687. The molecule has 1 rings (SSSR count). The zero-order valence-corrected chi connectivity index (χ0v) is 9.74. The monoisotopic (exact) mass is 210 g/mol. The van der Waals surface area contributed by atoms with Crippen LogP contribution in [-0.4, -0.2) is 22.9 Å². The molecular weight excluding hydrogens is 188 g/mol. The summed E-state index contributed by atoms with van der Waals surface area (Å²) in [7, 11) is 0. The molecule has 0 fully saturated rings. The van der Waals surface area contributed by atoms with E-state index in [1.807, 2.05) is 13.8 Å². The molecule has 0 aromatic rings. The molecule has 0 heterocycles. The van der Waals surface area contributed by atoms with E-state index in [0.29, 0.717) is 5.92 Å². The van der Waals surface area contributed by atoms with Gasteiger partial charge in [-0.05, 0) is 38.2 Å². The van der Waals surface area contributed by atoms with E-state index in [1.165, 1.54) is 11.6 Å². The molecule has 86 valence electrons. The summed E-state index contributed by atoms with van der Waals surface area (Å²) in [5.41, 5.74) is 2.30. The van der Waals surface area contributed by atoms with Gasteiger partial charge in [0.25, 0.3) is 0 Å². The van der Waals surface area contributed by atoms with Crippen molar-refractivity contribution in [3.63, 3.8) is 0 Å². The lowest BCUT2D eigenvalue weighted by molar-refractivity contribution is 0.174. The second-order valence-electron chi connectivity index (χ2n) is 3.95. The third-order valence-electron chi connectivity index (χ3n) is 2.58. The minimum absolute atomic E-state index is 0.0833. The highest BCUT2D eigenvalue weighted by atomic mass is 16.3. The summed E-state index contributed by atoms with van der Waals surface area (Å²) in [4.78, 5) is 0. The van der Waals surface area contributed by atoms with Gasteiger partial charge in [0, 0.05) is 0 Å². The molecule has 0 spiro atoms. The van der Waals surface area contributed by atoms with Gasteiger partial charge < -0.3 is 10.2 Å². The molecule has 0 amide bonds. The first-order valence-electron chi connectivity index (χ1n) is 5.24. The van der Waals surface area contributed by atoms with Crippen LogP contribution in [0.4, 0.5) is 0 Å². The Bertz CT molecular complexity index is 241. The molecular formula is C13H22O2. The fourth-order valence-electron chi connectivity index (χ4n) is 1.42. The van der Waals surface area contributed by atoms with Crippen LogP contribution in [0.2, 0.25) is 0 Å². The number of aliphatic hydroxyl groups is 2. The van der Waals surface area contributed by atoms with Gasteiger partial charge in [-0.2, -0.15) is 0 Å². The molecule has 15 heavy (non-hydrogen) atoms. The Morgan fingerprint density at radius 1 is 1.67 bits per heavy atom. The average Bonchev–Trinajstić information content (AvgIpc) is 2.22. The Morgan fingerprint density at radius 3 is 2.53 bits per heavy atom. The van der Waals surface area contributed by atoms with E-state index in [1.54, 1.807) is 0 Å². The molecule has 0 aliphatic heterocycles. The summed E-state index contributed by atoms with van der Waals surface area (Å²) in [6, 6.07) is 0. The van der Waals surface area contributed by atoms with Crippen molar-refractivity contribution >= 4 is 0 Å². The predicted molar refractivity (Wildman–Crippen MR) is 64.6 cm³/mol. The highest BCUT2D eigenvalue weighted by molar-refractivity contribution is 5.14. The lowest BCUT2D eigenvalue weighted by atomic mass is 9.84. The van der Waals surface area contributed by atoms with Gasteiger partial charge in [0.05, 0.1) is 12.7 Å². The second-order valence-corrected chi connectivity index (χ2v) is 3.95. The fraction of sp³-hybridized carbons (Fsp3) is 0.538. The largest absolute Gasteiger partial charge is 0.392 e. The van der Waals surface area contributed by atoms with Crippen molar-refractivity contribution in [3.8, 4) is 0 Å². The summed E-state index contributed by atoms with van der Waals surface area (Å²) in [6.07, 6.45) is 5.23. The van der Waals surface area contributed by atoms with Crippen LogP contribution in [0.25, 0.3) is 0 Å². The first-order chi connectivity index (χ1) is 7.02. The first kappa shape index (κ1) is 14.1. The minimum atomic E-state index is -0.231. The molecule has 0 aromatic carbocycles. The Balaban J connectivity index is 0.000000423. The maximum atomic E-state index is 9.49. The molecule has 0 radical (unpaired) electrons. The Kier molecular flexibility index (Phi) is 7.01. The highest BCUT2D eigenvalue weighted by Gasteiger charge is 2.19. The van der Waals surface area contributed by atoms with Gasteiger partial charge >= 0.3 is 0 Å². The van der Waals surface area contributed by atoms with Gasteiger partial charge in [0.15, 0.2) is 0 Å². The maximum Gasteiger partial charge on any atom is 0.0753 e. The molecule has 1 aliphatic carbocycles. The molecule has 2 nitrogen and oxygen atoms in total. The summed E-state index contributed by atoms with van der Waals surface area (Å²) in [5, 5.41) is 17.2. The van der Waals surface area contributed by atoms with Crippen molar-refractivity contribution in [1.82, 2.24) is 0 Å². The van der Waals surface area contributed by atoms with Crippen LogP contribution in [0.3, 0.4) is 0 Å². The number of rotatable bonds is 2. The molecule has 0 aromatic heterocycles. The molecule has 2 atom stereocenters. The van der Waals surface area contributed by atoms with E-state index in [-0.39, 0.29) is 12.7 Å². The normalized spacial score (nSPS) is 24.7. The van der Waals surface area contributed by atoms with E-state index in [4.69, 9.17) is 5.11 Å². The van der Waals surface area contributed by atoms with Crippen LogP contribution in [0, 0.1) is 5.92 Å². The minimum Gasteiger partial charge on any atom is -0.392 e. The van der Waals surface area contributed by atoms with Gasteiger partial charge in [0.2, 0.25) is 0 Å². The van der Waals surface area contributed by atoms with Gasteiger partial charge in [-0.3, -0.25) is 0 Å².